The highest BCUT2D eigenvalue weighted by Gasteiger charge is 2.16. The quantitative estimate of drug-likeness (QED) is 0.891. The van der Waals surface area contributed by atoms with Gasteiger partial charge < -0.3 is 14.8 Å². The van der Waals surface area contributed by atoms with Crippen molar-refractivity contribution in [3.05, 3.63) is 18.2 Å². The van der Waals surface area contributed by atoms with E-state index in [4.69, 9.17) is 9.47 Å². The van der Waals surface area contributed by atoms with Gasteiger partial charge in [-0.25, -0.2) is 0 Å². The summed E-state index contributed by atoms with van der Waals surface area (Å²) < 4.78 is 10.7. The minimum absolute atomic E-state index is 0.312. The Hall–Kier alpha value is -1.36. The molecule has 0 saturated heterocycles. The molecule has 0 bridgehead atoms. The second-order valence-electron chi connectivity index (χ2n) is 4.33. The van der Waals surface area contributed by atoms with Crippen LogP contribution in [0.25, 0.3) is 0 Å². The summed E-state index contributed by atoms with van der Waals surface area (Å²) in [6.07, 6.45) is 2.28. The number of nitrogens with zero attached hydrogens (tertiary/aromatic N) is 1. The SMILES string of the molecule is CCC1CCSC(Nc2ccc3c(c2)OCO3)=N1. The Morgan fingerprint density at radius 2 is 2.28 bits per heavy atom. The summed E-state index contributed by atoms with van der Waals surface area (Å²) in [6, 6.07) is 6.34. The Balaban J connectivity index is 1.74. The molecular weight excluding hydrogens is 248 g/mol. The van der Waals surface area contributed by atoms with Gasteiger partial charge in [0.15, 0.2) is 16.7 Å². The van der Waals surface area contributed by atoms with Crippen LogP contribution in [0.3, 0.4) is 0 Å². The fourth-order valence-electron chi connectivity index (χ4n) is 2.02. The number of thioether (sulfide) groups is 1. The summed E-state index contributed by atoms with van der Waals surface area (Å²) in [6.45, 7) is 2.49. The Morgan fingerprint density at radius 1 is 1.39 bits per heavy atom. The molecule has 0 saturated carbocycles. The largest absolute Gasteiger partial charge is 0.454 e. The topological polar surface area (TPSA) is 42.8 Å². The van der Waals surface area contributed by atoms with Crippen molar-refractivity contribution < 1.29 is 9.47 Å². The van der Waals surface area contributed by atoms with Crippen LogP contribution in [0.1, 0.15) is 19.8 Å². The first-order valence-corrected chi connectivity index (χ1v) is 7.21. The van der Waals surface area contributed by atoms with E-state index < -0.39 is 0 Å². The van der Waals surface area contributed by atoms with E-state index in [2.05, 4.69) is 17.2 Å². The van der Waals surface area contributed by atoms with Crippen molar-refractivity contribution in [1.29, 1.82) is 0 Å². The zero-order valence-corrected chi connectivity index (χ0v) is 11.1. The van der Waals surface area contributed by atoms with Crippen molar-refractivity contribution >= 4 is 22.6 Å². The van der Waals surface area contributed by atoms with Crippen LogP contribution in [0.2, 0.25) is 0 Å². The summed E-state index contributed by atoms with van der Waals surface area (Å²) in [5.41, 5.74) is 1.00. The van der Waals surface area contributed by atoms with Crippen molar-refractivity contribution in [3.63, 3.8) is 0 Å². The first kappa shape index (κ1) is 11.7. The summed E-state index contributed by atoms with van der Waals surface area (Å²) in [7, 11) is 0. The molecule has 1 unspecified atom stereocenters. The van der Waals surface area contributed by atoms with Crippen molar-refractivity contribution in [2.24, 2.45) is 4.99 Å². The van der Waals surface area contributed by atoms with Crippen molar-refractivity contribution in [1.82, 2.24) is 0 Å². The van der Waals surface area contributed by atoms with E-state index in [0.29, 0.717) is 12.8 Å². The van der Waals surface area contributed by atoms with Crippen molar-refractivity contribution in [2.45, 2.75) is 25.8 Å². The van der Waals surface area contributed by atoms with Gasteiger partial charge in [0.05, 0.1) is 6.04 Å². The molecule has 0 aromatic heterocycles. The minimum Gasteiger partial charge on any atom is -0.454 e. The van der Waals surface area contributed by atoms with E-state index in [1.807, 2.05) is 18.2 Å². The number of ether oxygens (including phenoxy) is 2. The molecule has 1 atom stereocenters. The fraction of sp³-hybridized carbons (Fsp3) is 0.462. The second kappa shape index (κ2) is 5.10. The van der Waals surface area contributed by atoms with Gasteiger partial charge in [-0.3, -0.25) is 4.99 Å². The summed E-state index contributed by atoms with van der Waals surface area (Å²) in [5, 5.41) is 4.36. The second-order valence-corrected chi connectivity index (χ2v) is 5.41. The fourth-order valence-corrected chi connectivity index (χ4v) is 3.02. The molecule has 0 amide bonds. The van der Waals surface area contributed by atoms with Crippen LogP contribution in [-0.2, 0) is 0 Å². The molecule has 18 heavy (non-hydrogen) atoms. The maximum Gasteiger partial charge on any atom is 0.231 e. The van der Waals surface area contributed by atoms with Crippen molar-refractivity contribution in [3.8, 4) is 11.5 Å². The van der Waals surface area contributed by atoms with Crippen LogP contribution in [0.4, 0.5) is 5.69 Å². The van der Waals surface area contributed by atoms with Gasteiger partial charge >= 0.3 is 0 Å². The van der Waals surface area contributed by atoms with Crippen LogP contribution in [0.15, 0.2) is 23.2 Å². The van der Waals surface area contributed by atoms with Gasteiger partial charge in [0, 0.05) is 17.5 Å². The van der Waals surface area contributed by atoms with E-state index in [1.165, 1.54) is 6.42 Å². The summed E-state index contributed by atoms with van der Waals surface area (Å²) in [5.74, 6) is 2.74. The number of aliphatic imine (C=N–C) groups is 1. The maximum atomic E-state index is 5.36. The third kappa shape index (κ3) is 2.41. The molecule has 1 aromatic carbocycles. The monoisotopic (exact) mass is 264 g/mol. The number of rotatable bonds is 2. The predicted octanol–water partition coefficient (Wildman–Crippen LogP) is 3.10. The van der Waals surface area contributed by atoms with Crippen LogP contribution in [-0.4, -0.2) is 23.8 Å². The third-order valence-corrected chi connectivity index (χ3v) is 4.01. The lowest BCUT2D eigenvalue weighted by molar-refractivity contribution is 0.174. The molecule has 0 spiro atoms. The standard InChI is InChI=1S/C13H16N2O2S/c1-2-9-5-6-18-13(14-9)15-10-3-4-11-12(7-10)17-8-16-11/h3-4,7,9H,2,5-6,8H2,1H3,(H,14,15). The van der Waals surface area contributed by atoms with Crippen molar-refractivity contribution in [2.75, 3.05) is 17.9 Å². The molecule has 1 N–H and O–H groups in total. The highest BCUT2D eigenvalue weighted by molar-refractivity contribution is 8.14. The Bertz CT molecular complexity index is 476. The molecule has 3 rings (SSSR count). The average Bonchev–Trinajstić information content (AvgIpc) is 2.86. The normalized spacial score (nSPS) is 21.6. The summed E-state index contributed by atoms with van der Waals surface area (Å²) >= 11 is 1.78. The van der Waals surface area contributed by atoms with Crippen LogP contribution in [0, 0.1) is 0 Å². The molecule has 0 aliphatic carbocycles. The maximum absolute atomic E-state index is 5.36. The minimum atomic E-state index is 0.312. The molecule has 96 valence electrons. The Morgan fingerprint density at radius 3 is 3.17 bits per heavy atom. The first-order chi connectivity index (χ1) is 8.85. The van der Waals surface area contributed by atoms with E-state index in [9.17, 15) is 0 Å². The van der Waals surface area contributed by atoms with E-state index in [1.54, 1.807) is 11.8 Å². The van der Waals surface area contributed by atoms with Crippen LogP contribution in [0.5, 0.6) is 11.5 Å². The number of fused-ring (bicyclic) bond motifs is 1. The highest BCUT2D eigenvalue weighted by atomic mass is 32.2. The molecule has 0 radical (unpaired) electrons. The number of nitrogens with one attached hydrogen (secondary N) is 1. The summed E-state index contributed by atoms with van der Waals surface area (Å²) in [4.78, 5) is 4.69. The lowest BCUT2D eigenvalue weighted by Gasteiger charge is -2.19. The molecular formula is C13H16N2O2S. The van der Waals surface area contributed by atoms with Gasteiger partial charge in [-0.1, -0.05) is 18.7 Å². The number of hydrogen-bond donors (Lipinski definition) is 1. The molecule has 0 fully saturated rings. The number of hydrogen-bond acceptors (Lipinski definition) is 5. The molecule has 5 heteroatoms. The van der Waals surface area contributed by atoms with E-state index in [-0.39, 0.29) is 0 Å². The van der Waals surface area contributed by atoms with Gasteiger partial charge in [0.2, 0.25) is 6.79 Å². The van der Waals surface area contributed by atoms with Gasteiger partial charge in [-0.2, -0.15) is 0 Å². The zero-order valence-electron chi connectivity index (χ0n) is 10.3. The van der Waals surface area contributed by atoms with Gasteiger partial charge in [0.1, 0.15) is 0 Å². The van der Waals surface area contributed by atoms with Gasteiger partial charge in [-0.15, -0.1) is 0 Å². The van der Waals surface area contributed by atoms with E-state index >= 15 is 0 Å². The molecule has 1 aromatic rings. The van der Waals surface area contributed by atoms with Gasteiger partial charge in [-0.05, 0) is 25.0 Å². The highest BCUT2D eigenvalue weighted by Crippen LogP contribution is 2.34. The number of anilines is 1. The molecule has 4 nitrogen and oxygen atoms in total. The molecule has 2 aliphatic rings. The van der Waals surface area contributed by atoms with E-state index in [0.717, 1.165) is 34.5 Å². The molecule has 2 aliphatic heterocycles. The molecule has 2 heterocycles. The Labute approximate surface area is 111 Å². The number of amidine groups is 1. The lowest BCUT2D eigenvalue weighted by atomic mass is 10.2. The van der Waals surface area contributed by atoms with Crippen LogP contribution < -0.4 is 14.8 Å². The smallest absolute Gasteiger partial charge is 0.231 e. The lowest BCUT2D eigenvalue weighted by Crippen LogP contribution is -2.19. The number of benzene rings is 1. The third-order valence-electron chi connectivity index (χ3n) is 3.08. The predicted molar refractivity (Wildman–Crippen MR) is 74.8 cm³/mol. The average molecular weight is 264 g/mol. The van der Waals surface area contributed by atoms with Gasteiger partial charge in [0.25, 0.3) is 0 Å². The zero-order chi connectivity index (χ0) is 12.4. The van der Waals surface area contributed by atoms with Crippen LogP contribution >= 0.6 is 11.8 Å². The Kier molecular flexibility index (Phi) is 3.32. The first-order valence-electron chi connectivity index (χ1n) is 6.22.